The zero-order chi connectivity index (χ0) is 28.8. The van der Waals surface area contributed by atoms with Crippen LogP contribution in [0.2, 0.25) is 5.28 Å². The number of anilines is 1. The second-order valence-corrected chi connectivity index (χ2v) is 12.1. The van der Waals surface area contributed by atoms with Crippen molar-refractivity contribution in [3.8, 4) is 0 Å². The van der Waals surface area contributed by atoms with Crippen LogP contribution in [0.5, 0.6) is 0 Å². The Morgan fingerprint density at radius 2 is 1.85 bits per heavy atom. The summed E-state index contributed by atoms with van der Waals surface area (Å²) in [5.41, 5.74) is -0.135. The fourth-order valence-electron chi connectivity index (χ4n) is 6.54. The molecular formula is C28H34ClN5O6. The highest BCUT2D eigenvalue weighted by molar-refractivity contribution is 6.28. The van der Waals surface area contributed by atoms with E-state index in [1.54, 1.807) is 4.90 Å². The monoisotopic (exact) mass is 571 g/mol. The number of benzene rings is 1. The Labute approximate surface area is 238 Å². The molecular weight excluding hydrogens is 538 g/mol. The molecule has 2 fully saturated rings. The van der Waals surface area contributed by atoms with Crippen LogP contribution < -0.4 is 4.90 Å². The average Bonchev–Trinajstić information content (AvgIpc) is 3.15. The summed E-state index contributed by atoms with van der Waals surface area (Å²) in [6.45, 7) is 6.14. The lowest BCUT2D eigenvalue weighted by atomic mass is 9.67. The summed E-state index contributed by atoms with van der Waals surface area (Å²) in [6.07, 6.45) is 3.01. The normalized spacial score (nSPS) is 23.9. The van der Waals surface area contributed by atoms with E-state index >= 15 is 0 Å². The van der Waals surface area contributed by atoms with E-state index in [-0.39, 0.29) is 41.0 Å². The van der Waals surface area contributed by atoms with Gasteiger partial charge in [0.15, 0.2) is 0 Å². The number of hydrogen-bond acceptors (Lipinski definition) is 9. The molecule has 5 rings (SSSR count). The van der Waals surface area contributed by atoms with E-state index in [2.05, 4.69) is 9.97 Å². The number of likely N-dealkylation sites (tertiary alicyclic amines) is 1. The number of nitro groups is 1. The molecule has 3 atom stereocenters. The van der Waals surface area contributed by atoms with Gasteiger partial charge in [-0.3, -0.25) is 14.9 Å². The standard InChI is InChI=1S/C28H34ClN5O6/c1-27(2,3)40-26(36)32-15-18-11-12-19(16-32)33(18)23-22(34(37)38)21(30-25(29)31-23)14-28(24(35)39-4)13-7-9-17-8-5-6-10-20(17)28/h5-6,8,10,18-19H,7,9,11-16H2,1-4H3/t18-,19+,28?. The average molecular weight is 572 g/mol. The zero-order valence-electron chi connectivity index (χ0n) is 23.2. The van der Waals surface area contributed by atoms with E-state index in [0.717, 1.165) is 36.8 Å². The minimum absolute atomic E-state index is 0.0462. The third-order valence-electron chi connectivity index (χ3n) is 8.10. The molecule has 2 aliphatic heterocycles. The summed E-state index contributed by atoms with van der Waals surface area (Å²) in [6, 6.07) is 7.23. The van der Waals surface area contributed by atoms with Crippen molar-refractivity contribution in [2.24, 2.45) is 0 Å². The minimum Gasteiger partial charge on any atom is -0.468 e. The number of carbonyl (C=O) groups is 2. The maximum absolute atomic E-state index is 13.4. The highest BCUT2D eigenvalue weighted by atomic mass is 35.5. The van der Waals surface area contributed by atoms with Crippen molar-refractivity contribution in [1.82, 2.24) is 14.9 Å². The van der Waals surface area contributed by atoms with E-state index in [1.165, 1.54) is 7.11 Å². The minimum atomic E-state index is -1.14. The molecule has 1 aliphatic carbocycles. The molecule has 0 N–H and O–H groups in total. The Kier molecular flexibility index (Phi) is 7.37. The lowest BCUT2D eigenvalue weighted by molar-refractivity contribution is -0.385. The van der Waals surface area contributed by atoms with Crippen LogP contribution in [-0.4, -0.2) is 69.7 Å². The third-order valence-corrected chi connectivity index (χ3v) is 8.27. The van der Waals surface area contributed by atoms with Gasteiger partial charge in [-0.25, -0.2) is 9.78 Å². The topological polar surface area (TPSA) is 128 Å². The van der Waals surface area contributed by atoms with Gasteiger partial charge >= 0.3 is 17.7 Å². The molecule has 1 aromatic heterocycles. The number of halogens is 1. The highest BCUT2D eigenvalue weighted by Crippen LogP contribution is 2.45. The molecule has 1 aromatic carbocycles. The van der Waals surface area contributed by atoms with E-state index in [0.29, 0.717) is 19.5 Å². The van der Waals surface area contributed by atoms with Crippen LogP contribution in [0, 0.1) is 10.1 Å². The molecule has 2 saturated heterocycles. The lowest BCUT2D eigenvalue weighted by Crippen LogP contribution is -2.56. The number of ether oxygens (including phenoxy) is 2. The van der Waals surface area contributed by atoms with Crippen molar-refractivity contribution in [2.45, 2.75) is 82.4 Å². The van der Waals surface area contributed by atoms with Gasteiger partial charge in [0.2, 0.25) is 11.1 Å². The number of fused-ring (bicyclic) bond motifs is 3. The predicted molar refractivity (Wildman–Crippen MR) is 148 cm³/mol. The second kappa shape index (κ2) is 10.5. The fourth-order valence-corrected chi connectivity index (χ4v) is 6.72. The molecule has 214 valence electrons. The number of amides is 1. The van der Waals surface area contributed by atoms with Gasteiger partial charge in [0.05, 0.1) is 17.4 Å². The van der Waals surface area contributed by atoms with Crippen LogP contribution in [-0.2, 0) is 32.5 Å². The van der Waals surface area contributed by atoms with Gasteiger partial charge in [0, 0.05) is 31.6 Å². The van der Waals surface area contributed by atoms with E-state index in [4.69, 9.17) is 21.1 Å². The van der Waals surface area contributed by atoms with Gasteiger partial charge in [0.25, 0.3) is 0 Å². The summed E-state index contributed by atoms with van der Waals surface area (Å²) >= 11 is 6.42. The van der Waals surface area contributed by atoms with Crippen molar-refractivity contribution in [3.63, 3.8) is 0 Å². The number of methoxy groups -OCH3 is 1. The SMILES string of the molecule is COC(=O)C1(Cc2nc(Cl)nc(N3[C@@H]4CC[C@H]3CN(C(=O)OC(C)(C)C)C4)c2[N+](=O)[O-])CCCc2ccccc21. The fraction of sp³-hybridized carbons (Fsp3) is 0.571. The Hall–Kier alpha value is -3.47. The quantitative estimate of drug-likeness (QED) is 0.218. The van der Waals surface area contributed by atoms with Crippen LogP contribution in [0.3, 0.4) is 0 Å². The first-order valence-corrected chi connectivity index (χ1v) is 13.9. The first-order valence-electron chi connectivity index (χ1n) is 13.6. The number of carbonyl (C=O) groups excluding carboxylic acids is 2. The van der Waals surface area contributed by atoms with Crippen LogP contribution in [0.1, 0.15) is 63.3 Å². The molecule has 0 spiro atoms. The molecule has 1 amide bonds. The number of esters is 1. The Morgan fingerprint density at radius 3 is 2.48 bits per heavy atom. The number of aryl methyl sites for hydroxylation is 1. The summed E-state index contributed by atoms with van der Waals surface area (Å²) in [7, 11) is 1.33. The number of hydrogen-bond donors (Lipinski definition) is 0. The number of piperazine rings is 1. The van der Waals surface area contributed by atoms with Crippen molar-refractivity contribution < 1.29 is 24.0 Å². The molecule has 11 nitrogen and oxygen atoms in total. The number of rotatable bonds is 5. The lowest BCUT2D eigenvalue weighted by Gasteiger charge is -2.41. The molecule has 3 aliphatic rings. The molecule has 0 saturated carbocycles. The van der Waals surface area contributed by atoms with Gasteiger partial charge in [-0.05, 0) is 75.6 Å². The zero-order valence-corrected chi connectivity index (χ0v) is 23.9. The van der Waals surface area contributed by atoms with Crippen LogP contribution in [0.25, 0.3) is 0 Å². The largest absolute Gasteiger partial charge is 0.468 e. The van der Waals surface area contributed by atoms with Gasteiger partial charge in [0.1, 0.15) is 11.3 Å². The highest BCUT2D eigenvalue weighted by Gasteiger charge is 2.49. The van der Waals surface area contributed by atoms with Crippen molar-refractivity contribution in [2.75, 3.05) is 25.1 Å². The maximum Gasteiger partial charge on any atom is 0.410 e. The first kappa shape index (κ1) is 28.1. The smallest absolute Gasteiger partial charge is 0.410 e. The summed E-state index contributed by atoms with van der Waals surface area (Å²) in [5.74, 6) is -0.336. The number of nitrogens with zero attached hydrogens (tertiary/aromatic N) is 5. The summed E-state index contributed by atoms with van der Waals surface area (Å²) < 4.78 is 10.8. The van der Waals surface area contributed by atoms with Gasteiger partial charge in [-0.15, -0.1) is 0 Å². The molecule has 40 heavy (non-hydrogen) atoms. The van der Waals surface area contributed by atoms with Crippen molar-refractivity contribution >= 4 is 35.2 Å². The van der Waals surface area contributed by atoms with E-state index in [9.17, 15) is 19.7 Å². The molecule has 3 heterocycles. The number of aromatic nitrogens is 2. The first-order chi connectivity index (χ1) is 18.9. The molecule has 0 radical (unpaired) electrons. The predicted octanol–water partition coefficient (Wildman–Crippen LogP) is 4.62. The van der Waals surface area contributed by atoms with Gasteiger partial charge < -0.3 is 19.3 Å². The van der Waals surface area contributed by atoms with Crippen LogP contribution >= 0.6 is 11.6 Å². The molecule has 12 heteroatoms. The molecule has 1 unspecified atom stereocenters. The molecule has 2 aromatic rings. The van der Waals surface area contributed by atoms with Gasteiger partial charge in [-0.2, -0.15) is 4.98 Å². The Morgan fingerprint density at radius 1 is 1.18 bits per heavy atom. The van der Waals surface area contributed by atoms with Crippen molar-refractivity contribution in [1.29, 1.82) is 0 Å². The van der Waals surface area contributed by atoms with Crippen LogP contribution in [0.15, 0.2) is 24.3 Å². The third kappa shape index (κ3) is 5.07. The van der Waals surface area contributed by atoms with Crippen molar-refractivity contribution in [3.05, 3.63) is 56.5 Å². The summed E-state index contributed by atoms with van der Waals surface area (Å²) in [4.78, 5) is 50.6. The van der Waals surface area contributed by atoms with Gasteiger partial charge in [-0.1, -0.05) is 24.3 Å². The Bertz CT molecular complexity index is 1330. The molecule has 2 bridgehead atoms. The Balaban J connectivity index is 1.54. The summed E-state index contributed by atoms with van der Waals surface area (Å²) in [5, 5.41) is 12.5. The maximum atomic E-state index is 13.4. The second-order valence-electron chi connectivity index (χ2n) is 11.8. The van der Waals surface area contributed by atoms with E-state index < -0.39 is 28.0 Å². The van der Waals surface area contributed by atoms with E-state index in [1.807, 2.05) is 49.9 Å². The van der Waals surface area contributed by atoms with Crippen LogP contribution in [0.4, 0.5) is 16.3 Å².